The van der Waals surface area contributed by atoms with Gasteiger partial charge >= 0.3 is 11.8 Å². The van der Waals surface area contributed by atoms with E-state index < -0.39 is 29.4 Å². The molecule has 8 heteroatoms. The molecule has 0 atom stereocenters. The van der Waals surface area contributed by atoms with Gasteiger partial charge in [0.15, 0.2) is 0 Å². The van der Waals surface area contributed by atoms with Crippen LogP contribution in [0.3, 0.4) is 0 Å². The second kappa shape index (κ2) is 9.46. The third kappa shape index (κ3) is 4.79. The van der Waals surface area contributed by atoms with Gasteiger partial charge in [0.1, 0.15) is 11.6 Å². The average Bonchev–Trinajstić information content (AvgIpc) is 3.31. The Morgan fingerprint density at radius 2 is 1.69 bits per heavy atom. The van der Waals surface area contributed by atoms with Gasteiger partial charge in [-0.25, -0.2) is 8.78 Å². The van der Waals surface area contributed by atoms with Crippen LogP contribution in [0.5, 0.6) is 0 Å². The molecule has 0 aromatic heterocycles. The summed E-state index contributed by atoms with van der Waals surface area (Å²) in [6.45, 7) is 1.28. The Morgan fingerprint density at radius 3 is 2.38 bits per heavy atom. The molecule has 1 saturated carbocycles. The van der Waals surface area contributed by atoms with Crippen LogP contribution in [0.2, 0.25) is 0 Å². The largest absolute Gasteiger partial charge is 0.348 e. The maximum Gasteiger partial charge on any atom is 0.312 e. The van der Waals surface area contributed by atoms with Crippen molar-refractivity contribution in [1.29, 1.82) is 0 Å². The van der Waals surface area contributed by atoms with Crippen LogP contribution in [0.25, 0.3) is 0 Å². The maximum absolute atomic E-state index is 13.7. The minimum absolute atomic E-state index is 0.0609. The smallest absolute Gasteiger partial charge is 0.312 e. The number of benzene rings is 2. The number of hydrogen-bond acceptors (Lipinski definition) is 3. The standard InChI is InChI=1S/C24H25F2N3O3/c25-19-10-9-18(21(26)13-19)14-27-22(30)17-7-5-16(6-8-17)15-28-11-12-29(24(32)23(28)31)20-3-1-2-4-20/h5-10,13,20H,1-4,11-12,14-15H2,(H,27,30). The van der Waals surface area contributed by atoms with E-state index in [9.17, 15) is 23.2 Å². The van der Waals surface area contributed by atoms with Crippen molar-refractivity contribution in [3.8, 4) is 0 Å². The summed E-state index contributed by atoms with van der Waals surface area (Å²) in [5.41, 5.74) is 1.38. The first-order chi connectivity index (χ1) is 15.4. The SMILES string of the molecule is O=C(NCc1ccc(F)cc1F)c1ccc(CN2CCN(C3CCCC3)C(=O)C2=O)cc1. The fourth-order valence-corrected chi connectivity index (χ4v) is 4.33. The van der Waals surface area contributed by atoms with Crippen LogP contribution in [-0.4, -0.2) is 46.7 Å². The molecule has 3 amide bonds. The molecule has 0 unspecified atom stereocenters. The number of hydrogen-bond donors (Lipinski definition) is 1. The minimum atomic E-state index is -0.715. The maximum atomic E-state index is 13.7. The number of carbonyl (C=O) groups is 3. The molecule has 0 radical (unpaired) electrons. The third-order valence-corrected chi connectivity index (χ3v) is 6.15. The van der Waals surface area contributed by atoms with E-state index in [0.29, 0.717) is 25.2 Å². The van der Waals surface area contributed by atoms with Crippen molar-refractivity contribution in [3.63, 3.8) is 0 Å². The lowest BCUT2D eigenvalue weighted by molar-refractivity contribution is -0.158. The van der Waals surface area contributed by atoms with Crippen LogP contribution in [0.4, 0.5) is 8.78 Å². The molecular weight excluding hydrogens is 416 g/mol. The number of halogens is 2. The zero-order chi connectivity index (χ0) is 22.7. The first-order valence-electron chi connectivity index (χ1n) is 10.8. The normalized spacial score (nSPS) is 17.2. The highest BCUT2D eigenvalue weighted by Gasteiger charge is 2.37. The topological polar surface area (TPSA) is 69.7 Å². The molecule has 1 saturated heterocycles. The predicted octanol–water partition coefficient (Wildman–Crippen LogP) is 3.01. The van der Waals surface area contributed by atoms with E-state index in [1.165, 1.54) is 6.07 Å². The Kier molecular flexibility index (Phi) is 6.48. The summed E-state index contributed by atoms with van der Waals surface area (Å²) in [4.78, 5) is 40.7. The molecule has 2 aliphatic rings. The van der Waals surface area contributed by atoms with E-state index in [1.807, 2.05) is 0 Å². The van der Waals surface area contributed by atoms with Crippen molar-refractivity contribution in [2.45, 2.75) is 44.8 Å². The second-order valence-electron chi connectivity index (χ2n) is 8.28. The highest BCUT2D eigenvalue weighted by Crippen LogP contribution is 2.25. The molecular formula is C24H25F2N3O3. The molecule has 0 bridgehead atoms. The van der Waals surface area contributed by atoms with Crippen molar-refractivity contribution < 1.29 is 23.2 Å². The van der Waals surface area contributed by atoms with Crippen LogP contribution in [-0.2, 0) is 22.7 Å². The third-order valence-electron chi connectivity index (χ3n) is 6.15. The summed E-state index contributed by atoms with van der Waals surface area (Å²) in [5, 5.41) is 2.60. The Hall–Kier alpha value is -3.29. The van der Waals surface area contributed by atoms with Gasteiger partial charge in [-0.2, -0.15) is 0 Å². The fraction of sp³-hybridized carbons (Fsp3) is 0.375. The molecule has 4 rings (SSSR count). The number of nitrogens with zero attached hydrogens (tertiary/aromatic N) is 2. The Balaban J connectivity index is 1.32. The fourth-order valence-electron chi connectivity index (χ4n) is 4.33. The molecule has 168 valence electrons. The Labute approximate surface area is 185 Å². The zero-order valence-corrected chi connectivity index (χ0v) is 17.7. The molecule has 1 heterocycles. The van der Waals surface area contributed by atoms with Crippen LogP contribution >= 0.6 is 0 Å². The van der Waals surface area contributed by atoms with Gasteiger partial charge in [0.05, 0.1) is 0 Å². The van der Waals surface area contributed by atoms with Gasteiger partial charge in [-0.15, -0.1) is 0 Å². The van der Waals surface area contributed by atoms with E-state index in [0.717, 1.165) is 43.4 Å². The summed E-state index contributed by atoms with van der Waals surface area (Å²) in [6, 6.07) is 10.1. The Morgan fingerprint density at radius 1 is 0.969 bits per heavy atom. The molecule has 2 aromatic carbocycles. The monoisotopic (exact) mass is 441 g/mol. The molecule has 0 spiro atoms. The number of nitrogens with one attached hydrogen (secondary N) is 1. The predicted molar refractivity (Wildman–Crippen MR) is 113 cm³/mol. The summed E-state index contributed by atoms with van der Waals surface area (Å²) < 4.78 is 26.7. The van der Waals surface area contributed by atoms with E-state index >= 15 is 0 Å². The van der Waals surface area contributed by atoms with Gasteiger partial charge in [-0.3, -0.25) is 14.4 Å². The van der Waals surface area contributed by atoms with E-state index in [1.54, 1.807) is 34.1 Å². The molecule has 2 fully saturated rings. The van der Waals surface area contributed by atoms with E-state index in [4.69, 9.17) is 0 Å². The van der Waals surface area contributed by atoms with Gasteiger partial charge in [0, 0.05) is 49.4 Å². The summed E-state index contributed by atoms with van der Waals surface area (Å²) in [6.07, 6.45) is 4.14. The summed E-state index contributed by atoms with van der Waals surface area (Å²) >= 11 is 0. The van der Waals surface area contributed by atoms with Gasteiger partial charge < -0.3 is 15.1 Å². The van der Waals surface area contributed by atoms with Gasteiger partial charge in [0.25, 0.3) is 5.91 Å². The van der Waals surface area contributed by atoms with Gasteiger partial charge in [-0.05, 0) is 36.6 Å². The summed E-state index contributed by atoms with van der Waals surface area (Å²) in [5.74, 6) is -2.68. The van der Waals surface area contributed by atoms with Crippen molar-refractivity contribution in [3.05, 3.63) is 70.8 Å². The molecule has 32 heavy (non-hydrogen) atoms. The molecule has 6 nitrogen and oxygen atoms in total. The van der Waals surface area contributed by atoms with Gasteiger partial charge in [0.2, 0.25) is 0 Å². The lowest BCUT2D eigenvalue weighted by atomic mass is 10.1. The zero-order valence-electron chi connectivity index (χ0n) is 17.7. The van der Waals surface area contributed by atoms with Crippen LogP contribution in [0.15, 0.2) is 42.5 Å². The van der Waals surface area contributed by atoms with Crippen LogP contribution in [0, 0.1) is 11.6 Å². The highest BCUT2D eigenvalue weighted by atomic mass is 19.1. The van der Waals surface area contributed by atoms with E-state index in [2.05, 4.69) is 5.32 Å². The van der Waals surface area contributed by atoms with Crippen LogP contribution < -0.4 is 5.32 Å². The molecule has 1 N–H and O–H groups in total. The second-order valence-corrected chi connectivity index (χ2v) is 8.28. The van der Waals surface area contributed by atoms with Crippen molar-refractivity contribution in [1.82, 2.24) is 15.1 Å². The number of amides is 3. The lowest BCUT2D eigenvalue weighted by Crippen LogP contribution is -2.56. The molecule has 2 aromatic rings. The first kappa shape index (κ1) is 21.9. The lowest BCUT2D eigenvalue weighted by Gasteiger charge is -2.37. The summed E-state index contributed by atoms with van der Waals surface area (Å²) in [7, 11) is 0. The average molecular weight is 441 g/mol. The first-order valence-corrected chi connectivity index (χ1v) is 10.8. The number of carbonyl (C=O) groups excluding carboxylic acids is 3. The van der Waals surface area contributed by atoms with Gasteiger partial charge in [-0.1, -0.05) is 31.0 Å². The number of piperazine rings is 1. The highest BCUT2D eigenvalue weighted by molar-refractivity contribution is 6.35. The molecule has 1 aliphatic carbocycles. The quantitative estimate of drug-likeness (QED) is 0.701. The Bertz CT molecular complexity index is 1020. The van der Waals surface area contributed by atoms with E-state index in [-0.39, 0.29) is 18.2 Å². The number of rotatable bonds is 6. The van der Waals surface area contributed by atoms with Crippen molar-refractivity contribution in [2.75, 3.05) is 13.1 Å². The van der Waals surface area contributed by atoms with Crippen molar-refractivity contribution in [2.24, 2.45) is 0 Å². The molecule has 1 aliphatic heterocycles. The van der Waals surface area contributed by atoms with Crippen molar-refractivity contribution >= 4 is 17.7 Å². The van der Waals surface area contributed by atoms with Crippen LogP contribution in [0.1, 0.15) is 47.2 Å². The minimum Gasteiger partial charge on any atom is -0.348 e.